The highest BCUT2D eigenvalue weighted by molar-refractivity contribution is 5.72. The monoisotopic (exact) mass is 867 g/mol. The van der Waals surface area contributed by atoms with Crippen molar-refractivity contribution in [2.45, 2.75) is 199 Å². The van der Waals surface area contributed by atoms with Crippen molar-refractivity contribution in [3.05, 3.63) is 85.1 Å². The van der Waals surface area contributed by atoms with Crippen LogP contribution in [0, 0.1) is 0 Å². The van der Waals surface area contributed by atoms with E-state index in [0.717, 1.165) is 70.6 Å². The minimum Gasteiger partial charge on any atom is -0.477 e. The molecule has 0 aliphatic carbocycles. The van der Waals surface area contributed by atoms with E-state index in [2.05, 4.69) is 98.9 Å². The summed E-state index contributed by atoms with van der Waals surface area (Å²) in [6.45, 7) is 4.46. The van der Waals surface area contributed by atoms with Gasteiger partial charge in [-0.3, -0.25) is 9.59 Å². The average molecular weight is 867 g/mol. The highest BCUT2D eigenvalue weighted by atomic mass is 16.6. The third-order valence-electron chi connectivity index (χ3n) is 10.5. The molecular formula is C54H92NO7+. The molecule has 0 aromatic carbocycles. The molecule has 62 heavy (non-hydrogen) atoms. The van der Waals surface area contributed by atoms with E-state index in [1.807, 2.05) is 21.1 Å². The van der Waals surface area contributed by atoms with Crippen LogP contribution in [0.15, 0.2) is 85.1 Å². The summed E-state index contributed by atoms with van der Waals surface area (Å²) in [5, 5.41) is 9.64. The number of hydrogen-bond acceptors (Lipinski definition) is 6. The first-order chi connectivity index (χ1) is 30.1. The minimum atomic E-state index is -0.884. The fourth-order valence-corrected chi connectivity index (χ4v) is 6.81. The molecule has 0 saturated heterocycles. The molecule has 8 heteroatoms. The second-order valence-corrected chi connectivity index (χ2v) is 17.3. The third kappa shape index (κ3) is 41.8. The number of aliphatic carboxylic acids is 1. The van der Waals surface area contributed by atoms with Crippen LogP contribution in [0.2, 0.25) is 0 Å². The lowest BCUT2D eigenvalue weighted by molar-refractivity contribution is -0.887. The smallest absolute Gasteiger partial charge is 0.362 e. The number of hydrogen-bond donors (Lipinski definition) is 1. The van der Waals surface area contributed by atoms with E-state index in [1.165, 1.54) is 77.0 Å². The molecule has 354 valence electrons. The number of carbonyl (C=O) groups is 3. The number of unbranched alkanes of at least 4 members (excludes halogenated alkanes) is 15. The van der Waals surface area contributed by atoms with Crippen molar-refractivity contribution in [2.24, 2.45) is 0 Å². The predicted molar refractivity (Wildman–Crippen MR) is 261 cm³/mol. The highest BCUT2D eigenvalue weighted by Gasteiger charge is 2.31. The van der Waals surface area contributed by atoms with Crippen LogP contribution in [-0.4, -0.2) is 80.6 Å². The van der Waals surface area contributed by atoms with Gasteiger partial charge in [-0.1, -0.05) is 176 Å². The molecule has 0 aromatic heterocycles. The Kier molecular flexibility index (Phi) is 41.6. The molecule has 0 spiro atoms. The van der Waals surface area contributed by atoms with Crippen LogP contribution in [0.3, 0.4) is 0 Å². The minimum absolute atomic E-state index is 0.0397. The Balaban J connectivity index is 4.33. The van der Waals surface area contributed by atoms with E-state index in [4.69, 9.17) is 14.2 Å². The van der Waals surface area contributed by atoms with Gasteiger partial charge in [-0.15, -0.1) is 0 Å². The molecule has 0 aliphatic rings. The number of carbonyl (C=O) groups excluding carboxylic acids is 2. The Labute approximate surface area is 380 Å². The fraction of sp³-hybridized carbons (Fsp3) is 0.685. The number of rotatable bonds is 43. The quantitative estimate of drug-likeness (QED) is 0.0282. The maximum Gasteiger partial charge on any atom is 0.362 e. The first-order valence-electron chi connectivity index (χ1n) is 24.6. The van der Waals surface area contributed by atoms with Crippen molar-refractivity contribution < 1.29 is 38.2 Å². The van der Waals surface area contributed by atoms with Crippen molar-refractivity contribution in [3.8, 4) is 0 Å². The van der Waals surface area contributed by atoms with Crippen molar-refractivity contribution in [3.63, 3.8) is 0 Å². The molecule has 0 rings (SSSR count). The number of esters is 2. The van der Waals surface area contributed by atoms with Crippen molar-refractivity contribution in [2.75, 3.05) is 41.0 Å². The van der Waals surface area contributed by atoms with Gasteiger partial charge < -0.3 is 23.8 Å². The lowest BCUT2D eigenvalue weighted by atomic mass is 10.0. The normalized spacial score (nSPS) is 13.6. The maximum atomic E-state index is 12.8. The summed E-state index contributed by atoms with van der Waals surface area (Å²) in [6, 6.07) is -0.627. The van der Waals surface area contributed by atoms with Gasteiger partial charge in [-0.2, -0.15) is 0 Å². The van der Waals surface area contributed by atoms with Crippen LogP contribution in [0.4, 0.5) is 0 Å². The Bertz CT molecular complexity index is 1290. The molecule has 0 amide bonds. The maximum absolute atomic E-state index is 12.8. The molecule has 0 aromatic rings. The van der Waals surface area contributed by atoms with Gasteiger partial charge in [0.1, 0.15) is 6.61 Å². The number of likely N-dealkylation sites (N-methyl/N-ethyl adjacent to an activating group) is 1. The molecule has 1 N–H and O–H groups in total. The molecule has 0 heterocycles. The Morgan fingerprint density at radius 2 is 0.871 bits per heavy atom. The van der Waals surface area contributed by atoms with Gasteiger partial charge >= 0.3 is 17.9 Å². The second-order valence-electron chi connectivity index (χ2n) is 17.3. The lowest BCUT2D eigenvalue weighted by Crippen LogP contribution is -2.50. The zero-order chi connectivity index (χ0) is 45.6. The zero-order valence-electron chi connectivity index (χ0n) is 40.3. The van der Waals surface area contributed by atoms with Gasteiger partial charge in [0.25, 0.3) is 0 Å². The fourth-order valence-electron chi connectivity index (χ4n) is 6.81. The number of carboxylic acid groups (broad SMARTS) is 1. The molecule has 0 radical (unpaired) electrons. The third-order valence-corrected chi connectivity index (χ3v) is 10.5. The Morgan fingerprint density at radius 1 is 0.484 bits per heavy atom. The second kappa shape index (κ2) is 44.1. The van der Waals surface area contributed by atoms with Gasteiger partial charge in [-0.05, 0) is 77.0 Å². The van der Waals surface area contributed by atoms with Gasteiger partial charge in [-0.25, -0.2) is 4.79 Å². The van der Waals surface area contributed by atoms with E-state index < -0.39 is 18.1 Å². The van der Waals surface area contributed by atoms with Crippen molar-refractivity contribution in [1.82, 2.24) is 0 Å². The molecule has 0 aliphatic heterocycles. The van der Waals surface area contributed by atoms with Gasteiger partial charge in [0.2, 0.25) is 0 Å². The zero-order valence-corrected chi connectivity index (χ0v) is 40.3. The van der Waals surface area contributed by atoms with Crippen LogP contribution in [-0.2, 0) is 28.6 Å². The van der Waals surface area contributed by atoms with Gasteiger partial charge in [0, 0.05) is 19.3 Å². The van der Waals surface area contributed by atoms with Gasteiger partial charge in [0.05, 0.1) is 34.4 Å². The number of nitrogens with zero attached hydrogens (tertiary/aromatic N) is 1. The number of allylic oxidation sites excluding steroid dienone is 14. The molecule has 0 saturated carbocycles. The Morgan fingerprint density at radius 3 is 1.31 bits per heavy atom. The molecule has 0 fully saturated rings. The summed E-state index contributed by atoms with van der Waals surface area (Å²) in [5.41, 5.74) is 0. The number of carboxylic acids is 1. The topological polar surface area (TPSA) is 99.1 Å². The van der Waals surface area contributed by atoms with Crippen LogP contribution in [0.1, 0.15) is 187 Å². The molecule has 8 nitrogen and oxygen atoms in total. The first-order valence-corrected chi connectivity index (χ1v) is 24.6. The standard InChI is InChI=1S/C54H91NO7/c1-6-8-10-12-14-16-18-20-22-24-25-26-27-29-31-33-35-37-39-41-43-45-53(57)62-50(48-60-47-46-51(54(58)59)55(3,4)5)49-61-52(56)44-42-40-38-36-34-32-30-28-23-21-19-17-15-13-11-9-7-2/h8-11,14-17,21,23,30,32,36,38,50-51H,6-7,12-13,18-20,22,24-29,31,33-35,37,39-49H2,1-5H3/p+1/b10-8+,11-9+,16-14+,17-15+,23-21+,32-30+,38-36+. The molecule has 2 atom stereocenters. The molecule has 0 bridgehead atoms. The number of ether oxygens (including phenoxy) is 3. The predicted octanol–water partition coefficient (Wildman–Crippen LogP) is 14.1. The highest BCUT2D eigenvalue weighted by Crippen LogP contribution is 2.15. The summed E-state index contributed by atoms with van der Waals surface area (Å²) >= 11 is 0. The van der Waals surface area contributed by atoms with Crippen LogP contribution >= 0.6 is 0 Å². The Hall–Kier alpha value is -3.49. The van der Waals surface area contributed by atoms with E-state index in [0.29, 0.717) is 19.3 Å². The number of quaternary nitrogens is 1. The molecule has 2 unspecified atom stereocenters. The van der Waals surface area contributed by atoms with E-state index in [1.54, 1.807) is 0 Å². The summed E-state index contributed by atoms with van der Waals surface area (Å²) in [5.74, 6) is -1.55. The average Bonchev–Trinajstić information content (AvgIpc) is 3.23. The molecular weight excluding hydrogens is 775 g/mol. The lowest BCUT2D eigenvalue weighted by Gasteiger charge is -2.31. The van der Waals surface area contributed by atoms with Gasteiger partial charge in [0.15, 0.2) is 12.1 Å². The summed E-state index contributed by atoms with van der Waals surface area (Å²) < 4.78 is 17.3. The van der Waals surface area contributed by atoms with Crippen LogP contribution < -0.4 is 0 Å². The summed E-state index contributed by atoms with van der Waals surface area (Å²) in [7, 11) is 5.51. The first kappa shape index (κ1) is 58.5. The largest absolute Gasteiger partial charge is 0.477 e. The summed E-state index contributed by atoms with van der Waals surface area (Å²) in [6.07, 6.45) is 57.9. The van der Waals surface area contributed by atoms with Crippen LogP contribution in [0.25, 0.3) is 0 Å². The van der Waals surface area contributed by atoms with E-state index in [-0.39, 0.29) is 42.7 Å². The van der Waals surface area contributed by atoms with Crippen molar-refractivity contribution >= 4 is 17.9 Å². The van der Waals surface area contributed by atoms with Crippen molar-refractivity contribution in [1.29, 1.82) is 0 Å². The van der Waals surface area contributed by atoms with E-state index in [9.17, 15) is 19.5 Å². The summed E-state index contributed by atoms with van der Waals surface area (Å²) in [4.78, 5) is 37.1. The SMILES string of the molecule is CC/C=C/C/C=C/C/C=C/C/C=C/C/C=C/CCCC(=O)OCC(COCCC(C(=O)O)[N+](C)(C)C)OC(=O)CCCCCCCCCCCCCCCC/C=C/C/C=C/CC. The van der Waals surface area contributed by atoms with Crippen LogP contribution in [0.5, 0.6) is 0 Å². The van der Waals surface area contributed by atoms with E-state index >= 15 is 0 Å².